The van der Waals surface area contributed by atoms with Gasteiger partial charge in [0.2, 0.25) is 0 Å². The molecule has 0 bridgehead atoms. The first kappa shape index (κ1) is 23.8. The van der Waals surface area contributed by atoms with Crippen LogP contribution in [0.1, 0.15) is 34.6 Å². The zero-order valence-corrected chi connectivity index (χ0v) is 21.7. The number of benzene rings is 1. The SMILES string of the molecule is Cc1cc(-c2ccc3c(c2)CCN(CCCSc2nnc(-c4cnc(C)c(C)c4)n2C)CC3)no1. The number of pyridine rings is 1. The zero-order chi connectivity index (χ0) is 24.4. The van der Waals surface area contributed by atoms with Gasteiger partial charge in [0, 0.05) is 55.0 Å². The zero-order valence-electron chi connectivity index (χ0n) is 20.9. The molecule has 182 valence electrons. The van der Waals surface area contributed by atoms with Gasteiger partial charge in [-0.3, -0.25) is 4.98 Å². The molecular formula is C27H32N6OS. The van der Waals surface area contributed by atoms with E-state index in [1.807, 2.05) is 33.2 Å². The Bertz CT molecular complexity index is 1330. The highest BCUT2D eigenvalue weighted by molar-refractivity contribution is 7.99. The molecule has 4 heterocycles. The minimum Gasteiger partial charge on any atom is -0.361 e. The molecule has 4 aromatic rings. The third-order valence-electron chi connectivity index (χ3n) is 6.81. The van der Waals surface area contributed by atoms with Crippen LogP contribution in [0.2, 0.25) is 0 Å². The van der Waals surface area contributed by atoms with Crippen molar-refractivity contribution in [3.63, 3.8) is 0 Å². The monoisotopic (exact) mass is 488 g/mol. The second kappa shape index (κ2) is 10.3. The predicted molar refractivity (Wildman–Crippen MR) is 140 cm³/mol. The summed E-state index contributed by atoms with van der Waals surface area (Å²) in [5, 5.41) is 14.0. The third-order valence-corrected chi connectivity index (χ3v) is 7.91. The minimum atomic E-state index is 0.846. The summed E-state index contributed by atoms with van der Waals surface area (Å²) in [6, 6.07) is 10.9. The molecule has 1 aromatic carbocycles. The van der Waals surface area contributed by atoms with E-state index in [9.17, 15) is 0 Å². The average molecular weight is 489 g/mol. The van der Waals surface area contributed by atoms with Crippen LogP contribution in [0.15, 0.2) is 46.2 Å². The summed E-state index contributed by atoms with van der Waals surface area (Å²) in [6.07, 6.45) is 5.17. The molecule has 0 N–H and O–H groups in total. The topological polar surface area (TPSA) is 72.9 Å². The van der Waals surface area contributed by atoms with Gasteiger partial charge in [-0.05, 0) is 75.4 Å². The maximum Gasteiger partial charge on any atom is 0.191 e. The molecule has 0 spiro atoms. The summed E-state index contributed by atoms with van der Waals surface area (Å²) in [5.74, 6) is 2.74. The fourth-order valence-electron chi connectivity index (χ4n) is 4.57. The van der Waals surface area contributed by atoms with Crippen LogP contribution >= 0.6 is 11.8 Å². The molecule has 8 heteroatoms. The lowest BCUT2D eigenvalue weighted by Crippen LogP contribution is -2.27. The van der Waals surface area contributed by atoms with Crippen molar-refractivity contribution < 1.29 is 4.52 Å². The number of aryl methyl sites for hydroxylation is 3. The second-order valence-corrected chi connectivity index (χ2v) is 10.4. The van der Waals surface area contributed by atoms with Crippen molar-refractivity contribution in [2.75, 3.05) is 25.4 Å². The van der Waals surface area contributed by atoms with E-state index < -0.39 is 0 Å². The average Bonchev–Trinajstić information content (AvgIpc) is 3.38. The van der Waals surface area contributed by atoms with Crippen molar-refractivity contribution >= 4 is 11.8 Å². The van der Waals surface area contributed by atoms with E-state index in [0.717, 1.165) is 83.9 Å². The number of rotatable bonds is 7. The lowest BCUT2D eigenvalue weighted by Gasteiger charge is -2.19. The third kappa shape index (κ3) is 5.33. The Morgan fingerprint density at radius 1 is 0.971 bits per heavy atom. The van der Waals surface area contributed by atoms with Crippen molar-refractivity contribution in [2.45, 2.75) is 45.2 Å². The van der Waals surface area contributed by atoms with Crippen molar-refractivity contribution in [1.29, 1.82) is 0 Å². The van der Waals surface area contributed by atoms with Crippen LogP contribution in [0.4, 0.5) is 0 Å². The molecule has 5 rings (SSSR count). The van der Waals surface area contributed by atoms with Gasteiger partial charge in [-0.25, -0.2) is 0 Å². The molecule has 0 radical (unpaired) electrons. The van der Waals surface area contributed by atoms with Gasteiger partial charge >= 0.3 is 0 Å². The largest absolute Gasteiger partial charge is 0.361 e. The van der Waals surface area contributed by atoms with Crippen LogP contribution < -0.4 is 0 Å². The lowest BCUT2D eigenvalue weighted by molar-refractivity contribution is 0.289. The maximum absolute atomic E-state index is 5.26. The van der Waals surface area contributed by atoms with E-state index in [1.165, 1.54) is 16.7 Å². The van der Waals surface area contributed by atoms with Gasteiger partial charge in [-0.2, -0.15) is 0 Å². The Balaban J connectivity index is 1.13. The Labute approximate surface area is 211 Å². The van der Waals surface area contributed by atoms with Gasteiger partial charge in [0.15, 0.2) is 11.0 Å². The van der Waals surface area contributed by atoms with Crippen LogP contribution in [0, 0.1) is 20.8 Å². The number of thioether (sulfide) groups is 1. The molecule has 3 aromatic heterocycles. The molecule has 1 aliphatic rings. The van der Waals surface area contributed by atoms with Crippen LogP contribution in [0.25, 0.3) is 22.6 Å². The highest BCUT2D eigenvalue weighted by atomic mass is 32.2. The molecular weight excluding hydrogens is 456 g/mol. The van der Waals surface area contributed by atoms with Gasteiger partial charge in [-0.1, -0.05) is 29.1 Å². The van der Waals surface area contributed by atoms with E-state index in [2.05, 4.69) is 61.0 Å². The second-order valence-electron chi connectivity index (χ2n) is 9.34. The first-order valence-corrected chi connectivity index (χ1v) is 13.2. The normalized spacial score (nSPS) is 14.2. The molecule has 0 amide bonds. The number of aromatic nitrogens is 5. The van der Waals surface area contributed by atoms with E-state index in [0.29, 0.717) is 0 Å². The van der Waals surface area contributed by atoms with Gasteiger partial charge in [0.25, 0.3) is 0 Å². The predicted octanol–water partition coefficient (Wildman–Crippen LogP) is 5.04. The Hall–Kier alpha value is -2.97. The van der Waals surface area contributed by atoms with Crippen LogP contribution in [0.5, 0.6) is 0 Å². The Kier molecular flexibility index (Phi) is 7.02. The lowest BCUT2D eigenvalue weighted by atomic mass is 9.99. The fourth-order valence-corrected chi connectivity index (χ4v) is 5.40. The first-order chi connectivity index (χ1) is 17.0. The number of hydrogen-bond acceptors (Lipinski definition) is 7. The minimum absolute atomic E-state index is 0.846. The van der Waals surface area contributed by atoms with Crippen LogP contribution in [-0.2, 0) is 19.9 Å². The first-order valence-electron chi connectivity index (χ1n) is 12.2. The maximum atomic E-state index is 5.26. The molecule has 0 unspecified atom stereocenters. The van der Waals surface area contributed by atoms with E-state index >= 15 is 0 Å². The molecule has 35 heavy (non-hydrogen) atoms. The van der Waals surface area contributed by atoms with E-state index in [1.54, 1.807) is 11.8 Å². The van der Waals surface area contributed by atoms with Gasteiger partial charge < -0.3 is 14.0 Å². The van der Waals surface area contributed by atoms with E-state index in [-0.39, 0.29) is 0 Å². The summed E-state index contributed by atoms with van der Waals surface area (Å²) in [6.45, 7) is 9.33. The summed E-state index contributed by atoms with van der Waals surface area (Å²) in [4.78, 5) is 7.06. The molecule has 0 atom stereocenters. The highest BCUT2D eigenvalue weighted by Gasteiger charge is 2.16. The molecule has 1 aliphatic heterocycles. The molecule has 7 nitrogen and oxygen atoms in total. The van der Waals surface area contributed by atoms with Crippen molar-refractivity contribution in [1.82, 2.24) is 29.8 Å². The van der Waals surface area contributed by atoms with Crippen molar-refractivity contribution in [2.24, 2.45) is 7.05 Å². The fraction of sp³-hybridized carbons (Fsp3) is 0.407. The molecule has 0 aliphatic carbocycles. The standard InChI is InChI=1S/C27H32N6OS/c1-18-14-24(17-28-20(18)3)26-29-30-27(32(26)4)35-13-5-10-33-11-8-21-6-7-23(16-22(21)9-12-33)25-15-19(2)34-31-25/h6-7,14-17H,5,8-13H2,1-4H3. The number of hydrogen-bond donors (Lipinski definition) is 0. The van der Waals surface area contributed by atoms with Crippen LogP contribution in [0.3, 0.4) is 0 Å². The summed E-state index contributed by atoms with van der Waals surface area (Å²) in [5.41, 5.74) is 8.19. The summed E-state index contributed by atoms with van der Waals surface area (Å²) >= 11 is 1.78. The summed E-state index contributed by atoms with van der Waals surface area (Å²) < 4.78 is 7.34. The Morgan fingerprint density at radius 3 is 2.57 bits per heavy atom. The number of nitrogens with zero attached hydrogens (tertiary/aromatic N) is 6. The van der Waals surface area contributed by atoms with Gasteiger partial charge in [0.05, 0.1) is 0 Å². The van der Waals surface area contributed by atoms with Crippen molar-refractivity contribution in [3.8, 4) is 22.6 Å². The van der Waals surface area contributed by atoms with Gasteiger partial charge in [-0.15, -0.1) is 10.2 Å². The van der Waals surface area contributed by atoms with Crippen molar-refractivity contribution in [3.05, 3.63) is 64.7 Å². The Morgan fingerprint density at radius 2 is 1.80 bits per heavy atom. The smallest absolute Gasteiger partial charge is 0.191 e. The quantitative estimate of drug-likeness (QED) is 0.266. The highest BCUT2D eigenvalue weighted by Crippen LogP contribution is 2.26. The van der Waals surface area contributed by atoms with E-state index in [4.69, 9.17) is 4.52 Å². The summed E-state index contributed by atoms with van der Waals surface area (Å²) in [7, 11) is 2.04. The number of fused-ring (bicyclic) bond motifs is 1. The van der Waals surface area contributed by atoms with Crippen LogP contribution in [-0.4, -0.2) is 55.2 Å². The molecule has 0 saturated carbocycles. The molecule has 0 fully saturated rings. The van der Waals surface area contributed by atoms with Gasteiger partial charge in [0.1, 0.15) is 11.5 Å². The molecule has 0 saturated heterocycles.